The fourth-order valence-corrected chi connectivity index (χ4v) is 1.42. The number of hydrogen-bond donors (Lipinski definition) is 2. The monoisotopic (exact) mass is 252 g/mol. The minimum Gasteiger partial charge on any atom is -0.478 e. The second kappa shape index (κ2) is 6.16. The molecule has 0 radical (unpaired) electrons. The van der Waals surface area contributed by atoms with Gasteiger partial charge in [0.1, 0.15) is 0 Å². The molecule has 0 fully saturated rings. The maximum Gasteiger partial charge on any atom is 0.354 e. The highest BCUT2D eigenvalue weighted by Crippen LogP contribution is 2.23. The molecule has 2 N–H and O–H groups in total. The molecule has 5 heteroatoms. The summed E-state index contributed by atoms with van der Waals surface area (Å²) in [5.74, 6) is -2.80. The van der Waals surface area contributed by atoms with Crippen LogP contribution in [0.4, 0.5) is 0 Å². The van der Waals surface area contributed by atoms with Crippen LogP contribution in [-0.4, -0.2) is 28.8 Å². The Morgan fingerprint density at radius 2 is 1.89 bits per heavy atom. The van der Waals surface area contributed by atoms with Gasteiger partial charge in [-0.15, -0.1) is 0 Å². The van der Waals surface area contributed by atoms with E-state index in [0.717, 1.165) is 6.42 Å². The van der Waals surface area contributed by atoms with E-state index >= 15 is 0 Å². The summed E-state index contributed by atoms with van der Waals surface area (Å²) in [6.07, 6.45) is 1.43. The molecular weight excluding hydrogens is 236 g/mol. The van der Waals surface area contributed by atoms with Crippen LogP contribution in [0.15, 0.2) is 30.3 Å². The van der Waals surface area contributed by atoms with Crippen LogP contribution in [0.25, 0.3) is 0 Å². The van der Waals surface area contributed by atoms with Crippen LogP contribution in [0.5, 0.6) is 0 Å². The minimum atomic E-state index is -2.64. The first-order chi connectivity index (χ1) is 8.53. The van der Waals surface area contributed by atoms with Crippen LogP contribution in [0, 0.1) is 0 Å². The third-order valence-corrected chi connectivity index (χ3v) is 2.53. The number of rotatable bonds is 6. The van der Waals surface area contributed by atoms with Gasteiger partial charge in [-0.25, -0.2) is 9.59 Å². The molecule has 98 valence electrons. The number of ether oxygens (including phenoxy) is 1. The van der Waals surface area contributed by atoms with E-state index in [4.69, 9.17) is 9.84 Å². The summed E-state index contributed by atoms with van der Waals surface area (Å²) in [5, 5.41) is 19.1. The molecule has 1 atom stereocenters. The first kappa shape index (κ1) is 14.2. The van der Waals surface area contributed by atoms with Gasteiger partial charge in [-0.1, -0.05) is 43.7 Å². The van der Waals surface area contributed by atoms with Crippen LogP contribution in [0.2, 0.25) is 0 Å². The number of carboxylic acids is 1. The standard InChI is InChI=1S/C13H16O5/c1-2-3-9-18-12(16)13(17,11(14)15)10-7-5-4-6-8-10/h4-8,17H,2-3,9H2,1H3,(H,14,15). The molecule has 0 heterocycles. The fourth-order valence-electron chi connectivity index (χ4n) is 1.42. The zero-order valence-corrected chi connectivity index (χ0v) is 10.1. The lowest BCUT2D eigenvalue weighted by Gasteiger charge is -2.21. The smallest absolute Gasteiger partial charge is 0.354 e. The number of hydrogen-bond acceptors (Lipinski definition) is 4. The van der Waals surface area contributed by atoms with Crippen molar-refractivity contribution in [2.45, 2.75) is 25.4 Å². The number of unbranched alkanes of at least 4 members (excludes halogenated alkanes) is 1. The van der Waals surface area contributed by atoms with Crippen molar-refractivity contribution in [1.29, 1.82) is 0 Å². The van der Waals surface area contributed by atoms with Gasteiger partial charge in [0.15, 0.2) is 0 Å². The molecule has 1 aromatic carbocycles. The van der Waals surface area contributed by atoms with Crippen molar-refractivity contribution in [3.8, 4) is 0 Å². The molecule has 0 aliphatic heterocycles. The third kappa shape index (κ3) is 2.87. The van der Waals surface area contributed by atoms with E-state index in [1.54, 1.807) is 18.2 Å². The fraction of sp³-hybridized carbons (Fsp3) is 0.385. The number of benzene rings is 1. The average molecular weight is 252 g/mol. The van der Waals surface area contributed by atoms with Crippen molar-refractivity contribution in [3.05, 3.63) is 35.9 Å². The quantitative estimate of drug-likeness (QED) is 0.453. The van der Waals surface area contributed by atoms with Gasteiger partial charge in [0.2, 0.25) is 0 Å². The molecule has 0 aliphatic carbocycles. The highest BCUT2D eigenvalue weighted by atomic mass is 16.6. The van der Waals surface area contributed by atoms with Crippen molar-refractivity contribution in [1.82, 2.24) is 0 Å². The van der Waals surface area contributed by atoms with Gasteiger partial charge in [-0.2, -0.15) is 0 Å². The van der Waals surface area contributed by atoms with Crippen molar-refractivity contribution >= 4 is 11.9 Å². The molecule has 18 heavy (non-hydrogen) atoms. The molecule has 1 aromatic rings. The average Bonchev–Trinajstić information content (AvgIpc) is 2.38. The third-order valence-electron chi connectivity index (χ3n) is 2.53. The van der Waals surface area contributed by atoms with Crippen LogP contribution in [0.3, 0.4) is 0 Å². The van der Waals surface area contributed by atoms with Gasteiger partial charge in [0.05, 0.1) is 6.61 Å². The van der Waals surface area contributed by atoms with Gasteiger partial charge in [0.25, 0.3) is 5.60 Å². The van der Waals surface area contributed by atoms with Gasteiger partial charge in [-0.3, -0.25) is 0 Å². The molecule has 0 bridgehead atoms. The van der Waals surface area contributed by atoms with Crippen molar-refractivity contribution in [2.75, 3.05) is 6.61 Å². The summed E-state index contributed by atoms with van der Waals surface area (Å²) in [6, 6.07) is 7.49. The SMILES string of the molecule is CCCCOC(=O)C(O)(C(=O)O)c1ccccc1. The first-order valence-corrected chi connectivity index (χ1v) is 5.72. The van der Waals surface area contributed by atoms with Crippen molar-refractivity contribution in [2.24, 2.45) is 0 Å². The van der Waals surface area contributed by atoms with Crippen LogP contribution in [-0.2, 0) is 19.9 Å². The highest BCUT2D eigenvalue weighted by Gasteiger charge is 2.47. The Morgan fingerprint density at radius 1 is 1.28 bits per heavy atom. The largest absolute Gasteiger partial charge is 0.478 e. The summed E-state index contributed by atoms with van der Waals surface area (Å²) in [6.45, 7) is 2.01. The molecule has 0 spiro atoms. The topological polar surface area (TPSA) is 83.8 Å². The predicted octanol–water partition coefficient (Wildman–Crippen LogP) is 1.30. The van der Waals surface area contributed by atoms with Crippen LogP contribution < -0.4 is 0 Å². The Bertz CT molecular complexity index is 415. The number of aliphatic hydroxyl groups is 1. The van der Waals surface area contributed by atoms with Crippen molar-refractivity contribution in [3.63, 3.8) is 0 Å². The van der Waals surface area contributed by atoms with Gasteiger partial charge < -0.3 is 14.9 Å². The van der Waals surface area contributed by atoms with E-state index in [-0.39, 0.29) is 12.2 Å². The summed E-state index contributed by atoms with van der Waals surface area (Å²) >= 11 is 0. The van der Waals surface area contributed by atoms with E-state index in [0.29, 0.717) is 6.42 Å². The summed E-state index contributed by atoms with van der Waals surface area (Å²) in [7, 11) is 0. The van der Waals surface area contributed by atoms with Gasteiger partial charge in [-0.05, 0) is 6.42 Å². The summed E-state index contributed by atoms with van der Waals surface area (Å²) in [5.41, 5.74) is -2.66. The van der Waals surface area contributed by atoms with E-state index in [9.17, 15) is 14.7 Å². The summed E-state index contributed by atoms with van der Waals surface area (Å²) in [4.78, 5) is 22.9. The molecule has 1 unspecified atom stereocenters. The zero-order valence-electron chi connectivity index (χ0n) is 10.1. The number of carbonyl (C=O) groups is 2. The second-order valence-electron chi connectivity index (χ2n) is 3.87. The Labute approximate surface area is 105 Å². The molecule has 0 aliphatic rings. The maximum absolute atomic E-state index is 11.7. The molecule has 0 saturated carbocycles. The van der Waals surface area contributed by atoms with E-state index in [2.05, 4.69) is 0 Å². The summed E-state index contributed by atoms with van der Waals surface area (Å²) < 4.78 is 4.79. The second-order valence-corrected chi connectivity index (χ2v) is 3.87. The van der Waals surface area contributed by atoms with E-state index in [1.165, 1.54) is 12.1 Å². The lowest BCUT2D eigenvalue weighted by atomic mass is 9.94. The van der Waals surface area contributed by atoms with Crippen molar-refractivity contribution < 1.29 is 24.5 Å². The Hall–Kier alpha value is -1.88. The molecule has 5 nitrogen and oxygen atoms in total. The zero-order chi connectivity index (χ0) is 13.6. The molecular formula is C13H16O5. The molecule has 0 aromatic heterocycles. The van der Waals surface area contributed by atoms with E-state index < -0.39 is 17.5 Å². The Morgan fingerprint density at radius 3 is 2.39 bits per heavy atom. The predicted molar refractivity (Wildman–Crippen MR) is 63.8 cm³/mol. The highest BCUT2D eigenvalue weighted by molar-refractivity contribution is 6.03. The first-order valence-electron chi connectivity index (χ1n) is 5.72. The number of esters is 1. The van der Waals surface area contributed by atoms with E-state index in [1.807, 2.05) is 6.92 Å². The lowest BCUT2D eigenvalue weighted by Crippen LogP contribution is -2.45. The van der Waals surface area contributed by atoms with Crippen LogP contribution in [0.1, 0.15) is 25.3 Å². The van der Waals surface area contributed by atoms with Gasteiger partial charge >= 0.3 is 11.9 Å². The number of carboxylic acid groups (broad SMARTS) is 1. The number of carbonyl (C=O) groups excluding carboxylic acids is 1. The number of aliphatic carboxylic acids is 1. The lowest BCUT2D eigenvalue weighted by molar-refractivity contribution is -0.181. The van der Waals surface area contributed by atoms with Crippen LogP contribution >= 0.6 is 0 Å². The Balaban J connectivity index is 2.94. The van der Waals surface area contributed by atoms with Gasteiger partial charge in [0, 0.05) is 5.56 Å². The minimum absolute atomic E-state index is 0.0148. The molecule has 1 rings (SSSR count). The maximum atomic E-state index is 11.7. The molecule has 0 amide bonds. The normalized spacial score (nSPS) is 13.7. The molecule has 0 saturated heterocycles. The Kier molecular flexibility index (Phi) is 4.85.